The Kier molecular flexibility index (Phi) is 16.3. The van der Waals surface area contributed by atoms with Gasteiger partial charge in [-0.25, -0.2) is 0 Å². The molecule has 1 atom stereocenters. The van der Waals surface area contributed by atoms with Gasteiger partial charge in [-0.1, -0.05) is 6.92 Å². The lowest BCUT2D eigenvalue weighted by atomic mass is 10.1. The van der Waals surface area contributed by atoms with Gasteiger partial charge in [0.1, 0.15) is 0 Å². The second-order valence-corrected chi connectivity index (χ2v) is 4.99. The van der Waals surface area contributed by atoms with Crippen LogP contribution in [-0.2, 0) is 14.3 Å². The number of amides is 1. The van der Waals surface area contributed by atoms with Crippen molar-refractivity contribution in [1.29, 1.82) is 0 Å². The lowest BCUT2D eigenvalue weighted by Gasteiger charge is -2.29. The molecule has 8 heteroatoms. The summed E-state index contributed by atoms with van der Waals surface area (Å²) in [6.45, 7) is 9.22. The van der Waals surface area contributed by atoms with E-state index in [1.165, 1.54) is 0 Å². The van der Waals surface area contributed by atoms with Gasteiger partial charge in [0.25, 0.3) is 0 Å². The van der Waals surface area contributed by atoms with E-state index in [-0.39, 0.29) is 30.7 Å². The van der Waals surface area contributed by atoms with Crippen molar-refractivity contribution in [3.63, 3.8) is 0 Å². The first-order valence-electron chi connectivity index (χ1n) is 6.99. The van der Waals surface area contributed by atoms with Crippen LogP contribution in [-0.4, -0.2) is 77.0 Å². The number of halogens is 2. The van der Waals surface area contributed by atoms with Crippen LogP contribution < -0.4 is 10.6 Å². The Hall–Kier alpha value is -0.110. The van der Waals surface area contributed by atoms with Gasteiger partial charge in [-0.05, 0) is 5.92 Å². The molecule has 1 saturated heterocycles. The Morgan fingerprint density at radius 1 is 1.33 bits per heavy atom. The molecule has 2 N–H and O–H groups in total. The maximum atomic E-state index is 11.6. The molecule has 0 saturated carbocycles. The zero-order valence-electron chi connectivity index (χ0n) is 12.9. The predicted octanol–water partition coefficient (Wildman–Crippen LogP) is 0.151. The fraction of sp³-hybridized carbons (Fsp3) is 0.923. The smallest absolute Gasteiger partial charge is 0.233 e. The maximum absolute atomic E-state index is 11.6. The molecule has 21 heavy (non-hydrogen) atoms. The van der Waals surface area contributed by atoms with Crippen LogP contribution in [0.4, 0.5) is 0 Å². The van der Waals surface area contributed by atoms with E-state index < -0.39 is 0 Å². The minimum absolute atomic E-state index is 0. The van der Waals surface area contributed by atoms with Gasteiger partial charge in [-0.3, -0.25) is 9.69 Å². The number of nitrogens with one attached hydrogen (secondary N) is 2. The first-order chi connectivity index (χ1) is 9.22. The number of carbonyl (C=O) groups is 1. The monoisotopic (exact) mass is 345 g/mol. The topological polar surface area (TPSA) is 62.8 Å². The Labute approximate surface area is 140 Å². The van der Waals surface area contributed by atoms with E-state index in [4.69, 9.17) is 9.47 Å². The molecule has 1 fully saturated rings. The fourth-order valence-corrected chi connectivity index (χ4v) is 2.02. The van der Waals surface area contributed by atoms with E-state index in [1.807, 2.05) is 0 Å². The van der Waals surface area contributed by atoms with Gasteiger partial charge in [0.15, 0.2) is 0 Å². The van der Waals surface area contributed by atoms with Gasteiger partial charge in [0.2, 0.25) is 5.91 Å². The molecule has 0 aliphatic carbocycles. The molecule has 1 aliphatic heterocycles. The lowest BCUT2D eigenvalue weighted by molar-refractivity contribution is -0.120. The van der Waals surface area contributed by atoms with Gasteiger partial charge >= 0.3 is 0 Å². The molecule has 1 aliphatic rings. The Bertz CT molecular complexity index is 255. The van der Waals surface area contributed by atoms with Crippen molar-refractivity contribution >= 4 is 30.7 Å². The minimum atomic E-state index is 0. The van der Waals surface area contributed by atoms with Crippen molar-refractivity contribution in [3.05, 3.63) is 0 Å². The van der Waals surface area contributed by atoms with E-state index in [2.05, 4.69) is 22.5 Å². The molecule has 0 radical (unpaired) electrons. The van der Waals surface area contributed by atoms with Crippen LogP contribution in [0, 0.1) is 5.92 Å². The van der Waals surface area contributed by atoms with Crippen molar-refractivity contribution in [3.8, 4) is 0 Å². The average molecular weight is 346 g/mol. The summed E-state index contributed by atoms with van der Waals surface area (Å²) in [7, 11) is 1.65. The quantitative estimate of drug-likeness (QED) is 0.582. The Morgan fingerprint density at radius 2 is 2.00 bits per heavy atom. The number of ether oxygens (including phenoxy) is 2. The van der Waals surface area contributed by atoms with E-state index in [0.717, 1.165) is 39.4 Å². The number of hydrogen-bond acceptors (Lipinski definition) is 5. The number of nitrogens with zero attached hydrogens (tertiary/aromatic N) is 1. The van der Waals surface area contributed by atoms with Crippen LogP contribution in [0.2, 0.25) is 0 Å². The molecular weight excluding hydrogens is 317 g/mol. The molecule has 6 nitrogen and oxygen atoms in total. The highest BCUT2D eigenvalue weighted by molar-refractivity contribution is 5.85. The van der Waals surface area contributed by atoms with Crippen molar-refractivity contribution in [1.82, 2.24) is 15.5 Å². The standard InChI is InChI=1S/C13H27N3O3.2ClH/c1-12(11-16-4-7-19-8-5-16)9-15-13(17)10-14-3-6-18-2;;/h12,14H,3-11H2,1-2H3,(H,15,17);2*1H. The highest BCUT2D eigenvalue weighted by atomic mass is 35.5. The molecule has 1 unspecified atom stereocenters. The number of carbonyl (C=O) groups excluding carboxylic acids is 1. The van der Waals surface area contributed by atoms with E-state index in [0.29, 0.717) is 25.6 Å². The Balaban J connectivity index is 0. The van der Waals surface area contributed by atoms with Gasteiger partial charge in [0, 0.05) is 39.8 Å². The maximum Gasteiger partial charge on any atom is 0.233 e. The van der Waals surface area contributed by atoms with Gasteiger partial charge < -0.3 is 20.1 Å². The largest absolute Gasteiger partial charge is 0.383 e. The van der Waals surface area contributed by atoms with Crippen molar-refractivity contribution in [2.45, 2.75) is 6.92 Å². The van der Waals surface area contributed by atoms with Gasteiger partial charge in [0.05, 0.1) is 26.4 Å². The zero-order valence-corrected chi connectivity index (χ0v) is 14.6. The molecule has 0 aromatic carbocycles. The average Bonchev–Trinajstić information content (AvgIpc) is 2.42. The third kappa shape index (κ3) is 12.1. The van der Waals surface area contributed by atoms with Crippen LogP contribution in [0.15, 0.2) is 0 Å². The number of rotatable bonds is 9. The first-order valence-corrected chi connectivity index (χ1v) is 6.99. The van der Waals surface area contributed by atoms with Gasteiger partial charge in [-0.15, -0.1) is 24.8 Å². The summed E-state index contributed by atoms with van der Waals surface area (Å²) in [4.78, 5) is 13.9. The molecule has 1 amide bonds. The molecule has 0 aromatic rings. The van der Waals surface area contributed by atoms with Crippen LogP contribution in [0.1, 0.15) is 6.92 Å². The van der Waals surface area contributed by atoms with Crippen molar-refractivity contribution in [2.75, 3.05) is 66.2 Å². The summed E-state index contributed by atoms with van der Waals surface area (Å²) in [5.41, 5.74) is 0. The molecule has 0 bridgehead atoms. The molecule has 0 aromatic heterocycles. The number of morpholine rings is 1. The number of hydrogen-bond donors (Lipinski definition) is 2. The highest BCUT2D eigenvalue weighted by Crippen LogP contribution is 2.02. The Morgan fingerprint density at radius 3 is 2.62 bits per heavy atom. The third-order valence-corrected chi connectivity index (χ3v) is 3.09. The molecular formula is C13H29Cl2N3O3. The normalized spacial score (nSPS) is 16.5. The summed E-state index contributed by atoms with van der Waals surface area (Å²) in [6, 6.07) is 0. The van der Waals surface area contributed by atoms with Gasteiger partial charge in [-0.2, -0.15) is 0 Å². The molecule has 1 heterocycles. The first kappa shape index (κ1) is 23.2. The lowest BCUT2D eigenvalue weighted by Crippen LogP contribution is -2.42. The van der Waals surface area contributed by atoms with Crippen LogP contribution in [0.5, 0.6) is 0 Å². The summed E-state index contributed by atoms with van der Waals surface area (Å²) in [5, 5.41) is 5.98. The summed E-state index contributed by atoms with van der Waals surface area (Å²) < 4.78 is 10.2. The fourth-order valence-electron chi connectivity index (χ4n) is 2.02. The second-order valence-electron chi connectivity index (χ2n) is 4.99. The van der Waals surface area contributed by atoms with Crippen molar-refractivity contribution in [2.24, 2.45) is 5.92 Å². The summed E-state index contributed by atoms with van der Waals surface area (Å²) >= 11 is 0. The van der Waals surface area contributed by atoms with E-state index >= 15 is 0 Å². The molecule has 1 rings (SSSR count). The molecule has 0 spiro atoms. The summed E-state index contributed by atoms with van der Waals surface area (Å²) in [6.07, 6.45) is 0. The van der Waals surface area contributed by atoms with Crippen LogP contribution in [0.3, 0.4) is 0 Å². The summed E-state index contributed by atoms with van der Waals surface area (Å²) in [5.74, 6) is 0.506. The highest BCUT2D eigenvalue weighted by Gasteiger charge is 2.14. The predicted molar refractivity (Wildman–Crippen MR) is 88.7 cm³/mol. The number of methoxy groups -OCH3 is 1. The zero-order chi connectivity index (χ0) is 13.9. The third-order valence-electron chi connectivity index (χ3n) is 3.09. The minimum Gasteiger partial charge on any atom is -0.383 e. The molecule has 128 valence electrons. The SMILES string of the molecule is COCCNCC(=O)NCC(C)CN1CCOCC1.Cl.Cl. The van der Waals surface area contributed by atoms with E-state index in [9.17, 15) is 4.79 Å². The van der Waals surface area contributed by atoms with Crippen LogP contribution >= 0.6 is 24.8 Å². The van der Waals surface area contributed by atoms with Crippen LogP contribution in [0.25, 0.3) is 0 Å². The second kappa shape index (κ2) is 14.8. The van der Waals surface area contributed by atoms with E-state index in [1.54, 1.807) is 7.11 Å². The van der Waals surface area contributed by atoms with Crippen molar-refractivity contribution < 1.29 is 14.3 Å².